The summed E-state index contributed by atoms with van der Waals surface area (Å²) in [5.41, 5.74) is -1.22. The van der Waals surface area contributed by atoms with Crippen LogP contribution in [0.25, 0.3) is 0 Å². The zero-order valence-corrected chi connectivity index (χ0v) is 17.3. The third kappa shape index (κ3) is 3.69. The zero-order valence-electron chi connectivity index (χ0n) is 17.3. The average molecular weight is 392 g/mol. The van der Waals surface area contributed by atoms with Crippen LogP contribution in [0.15, 0.2) is 17.3 Å². The number of hydrazone groups is 1. The summed E-state index contributed by atoms with van der Waals surface area (Å²) in [7, 11) is 4.38. The first kappa shape index (κ1) is 20.8. The topological polar surface area (TPSA) is 77.4 Å². The standard InChI is InChI=1S/C21H32N2O5/c1-14-7-8-15-10-21(19(24)27-3,20(25)28-4)11-17(15)18(14)12-22-23-9-5-6-16(23)13-26-2/h7-8,12,14-18H,5-6,9-11,13H2,1-4H3/b22-12+/t14-,15-,16+,17-,18-/m1/s1. The summed E-state index contributed by atoms with van der Waals surface area (Å²) in [4.78, 5) is 25.1. The van der Waals surface area contributed by atoms with Gasteiger partial charge in [-0.2, -0.15) is 5.10 Å². The van der Waals surface area contributed by atoms with Crippen LogP contribution in [0, 0.1) is 29.1 Å². The quantitative estimate of drug-likeness (QED) is 0.299. The van der Waals surface area contributed by atoms with Gasteiger partial charge in [0.15, 0.2) is 5.41 Å². The minimum Gasteiger partial charge on any atom is -0.468 e. The Morgan fingerprint density at radius 2 is 1.89 bits per heavy atom. The third-order valence-corrected chi connectivity index (χ3v) is 6.73. The van der Waals surface area contributed by atoms with E-state index in [1.807, 2.05) is 6.21 Å². The first-order chi connectivity index (χ1) is 13.5. The Morgan fingerprint density at radius 1 is 1.18 bits per heavy atom. The van der Waals surface area contributed by atoms with Crippen molar-refractivity contribution in [2.45, 2.75) is 38.6 Å². The maximum Gasteiger partial charge on any atom is 0.323 e. The maximum absolute atomic E-state index is 12.5. The maximum atomic E-state index is 12.5. The van der Waals surface area contributed by atoms with Crippen molar-refractivity contribution in [2.24, 2.45) is 34.2 Å². The van der Waals surface area contributed by atoms with Gasteiger partial charge >= 0.3 is 11.9 Å². The Kier molecular flexibility index (Phi) is 6.43. The summed E-state index contributed by atoms with van der Waals surface area (Å²) in [5, 5.41) is 6.92. The molecule has 0 aromatic heterocycles. The van der Waals surface area contributed by atoms with Crippen molar-refractivity contribution in [2.75, 3.05) is 34.5 Å². The van der Waals surface area contributed by atoms with Gasteiger partial charge in [0.2, 0.25) is 0 Å². The number of carbonyl (C=O) groups is 2. The van der Waals surface area contributed by atoms with Crippen molar-refractivity contribution < 1.29 is 23.8 Å². The number of allylic oxidation sites excluding steroid dienone is 2. The van der Waals surface area contributed by atoms with Crippen LogP contribution in [0.3, 0.4) is 0 Å². The van der Waals surface area contributed by atoms with Crippen molar-refractivity contribution in [3.05, 3.63) is 12.2 Å². The largest absolute Gasteiger partial charge is 0.468 e. The molecule has 0 aromatic rings. The van der Waals surface area contributed by atoms with Crippen LogP contribution in [-0.4, -0.2) is 63.7 Å². The van der Waals surface area contributed by atoms with Crippen molar-refractivity contribution in [1.29, 1.82) is 0 Å². The van der Waals surface area contributed by atoms with Gasteiger partial charge in [-0.3, -0.25) is 14.6 Å². The van der Waals surface area contributed by atoms with Gasteiger partial charge in [-0.25, -0.2) is 0 Å². The number of esters is 2. The molecule has 2 aliphatic carbocycles. The second kappa shape index (κ2) is 8.64. The molecule has 28 heavy (non-hydrogen) atoms. The predicted molar refractivity (Wildman–Crippen MR) is 105 cm³/mol. The first-order valence-electron chi connectivity index (χ1n) is 10.1. The van der Waals surface area contributed by atoms with E-state index in [0.717, 1.165) is 19.4 Å². The molecule has 0 radical (unpaired) electrons. The van der Waals surface area contributed by atoms with Crippen molar-refractivity contribution >= 4 is 18.2 Å². The van der Waals surface area contributed by atoms with E-state index >= 15 is 0 Å². The minimum absolute atomic E-state index is 0.138. The molecule has 1 heterocycles. The fraction of sp³-hybridized carbons (Fsp3) is 0.762. The summed E-state index contributed by atoms with van der Waals surface area (Å²) >= 11 is 0. The van der Waals surface area contributed by atoms with Gasteiger partial charge in [0, 0.05) is 25.8 Å². The van der Waals surface area contributed by atoms with E-state index in [4.69, 9.17) is 19.3 Å². The number of fused-ring (bicyclic) bond motifs is 1. The molecule has 3 rings (SSSR count). The molecule has 1 saturated carbocycles. The molecule has 156 valence electrons. The van der Waals surface area contributed by atoms with Gasteiger partial charge in [-0.05, 0) is 43.4 Å². The molecule has 3 aliphatic rings. The van der Waals surface area contributed by atoms with E-state index in [-0.39, 0.29) is 17.8 Å². The van der Waals surface area contributed by atoms with Gasteiger partial charge in [0.1, 0.15) is 0 Å². The summed E-state index contributed by atoms with van der Waals surface area (Å²) in [6.45, 7) is 3.78. The lowest BCUT2D eigenvalue weighted by molar-refractivity contribution is -0.169. The second-order valence-corrected chi connectivity index (χ2v) is 8.30. The molecule has 0 unspecified atom stereocenters. The lowest BCUT2D eigenvalue weighted by Gasteiger charge is -2.33. The molecule has 7 heteroatoms. The molecule has 0 aromatic carbocycles. The highest BCUT2D eigenvalue weighted by atomic mass is 16.5. The smallest absolute Gasteiger partial charge is 0.323 e. The number of carbonyl (C=O) groups excluding carboxylic acids is 2. The van der Waals surface area contributed by atoms with E-state index < -0.39 is 17.4 Å². The lowest BCUT2D eigenvalue weighted by Crippen LogP contribution is -2.39. The van der Waals surface area contributed by atoms with Gasteiger partial charge in [0.25, 0.3) is 0 Å². The molecule has 1 saturated heterocycles. The predicted octanol–water partition coefficient (Wildman–Crippen LogP) is 2.26. The fourth-order valence-electron chi connectivity index (χ4n) is 5.21. The Balaban J connectivity index is 1.81. The highest BCUT2D eigenvalue weighted by molar-refractivity contribution is 6.00. The van der Waals surface area contributed by atoms with Crippen molar-refractivity contribution in [1.82, 2.24) is 5.01 Å². The molecule has 2 fully saturated rings. The van der Waals surface area contributed by atoms with Gasteiger partial charge in [-0.1, -0.05) is 19.1 Å². The molecular formula is C21H32N2O5. The summed E-state index contributed by atoms with van der Waals surface area (Å²) in [6.07, 6.45) is 9.43. The summed E-state index contributed by atoms with van der Waals surface area (Å²) in [5.74, 6) is -0.241. The zero-order chi connectivity index (χ0) is 20.3. The van der Waals surface area contributed by atoms with Crippen LogP contribution in [0.4, 0.5) is 0 Å². The van der Waals surface area contributed by atoms with Crippen LogP contribution in [0.2, 0.25) is 0 Å². The van der Waals surface area contributed by atoms with Crippen LogP contribution in [-0.2, 0) is 23.8 Å². The van der Waals surface area contributed by atoms with Crippen LogP contribution in [0.1, 0.15) is 32.6 Å². The molecule has 0 N–H and O–H groups in total. The van der Waals surface area contributed by atoms with E-state index in [1.165, 1.54) is 14.2 Å². The Morgan fingerprint density at radius 3 is 2.54 bits per heavy atom. The monoisotopic (exact) mass is 392 g/mol. The number of hydrogen-bond acceptors (Lipinski definition) is 7. The number of ether oxygens (including phenoxy) is 3. The molecule has 0 amide bonds. The Labute approximate surface area is 167 Å². The first-order valence-corrected chi connectivity index (χ1v) is 10.1. The molecule has 0 bridgehead atoms. The van der Waals surface area contributed by atoms with Crippen LogP contribution in [0.5, 0.6) is 0 Å². The molecular weight excluding hydrogens is 360 g/mol. The third-order valence-electron chi connectivity index (χ3n) is 6.73. The molecule has 1 aliphatic heterocycles. The van der Waals surface area contributed by atoms with Crippen LogP contribution < -0.4 is 0 Å². The normalized spacial score (nSPS) is 33.9. The highest BCUT2D eigenvalue weighted by Crippen LogP contribution is 2.53. The fourth-order valence-corrected chi connectivity index (χ4v) is 5.21. The van der Waals surface area contributed by atoms with Gasteiger partial charge < -0.3 is 14.2 Å². The number of hydrogen-bond donors (Lipinski definition) is 0. The molecule has 0 spiro atoms. The Hall–Kier alpha value is -1.89. The van der Waals surface area contributed by atoms with E-state index in [0.29, 0.717) is 31.4 Å². The SMILES string of the molecule is COC[C@@H]1CCCN1/N=C/[C@H]1[C@@H]2CC(C(=O)OC)(C(=O)OC)C[C@H]2C=C[C@H]1C. The van der Waals surface area contributed by atoms with E-state index in [1.54, 1.807) is 7.11 Å². The molecule has 5 atom stereocenters. The second-order valence-electron chi connectivity index (χ2n) is 8.30. The van der Waals surface area contributed by atoms with Crippen molar-refractivity contribution in [3.63, 3.8) is 0 Å². The lowest BCUT2D eigenvalue weighted by atomic mass is 9.73. The number of rotatable bonds is 6. The van der Waals surface area contributed by atoms with Crippen LogP contribution >= 0.6 is 0 Å². The summed E-state index contributed by atoms with van der Waals surface area (Å²) < 4.78 is 15.3. The van der Waals surface area contributed by atoms with E-state index in [2.05, 4.69) is 24.1 Å². The highest BCUT2D eigenvalue weighted by Gasteiger charge is 2.58. The number of nitrogens with zero attached hydrogens (tertiary/aromatic N) is 2. The Bertz CT molecular complexity index is 631. The van der Waals surface area contributed by atoms with Gasteiger partial charge in [-0.15, -0.1) is 0 Å². The van der Waals surface area contributed by atoms with E-state index in [9.17, 15) is 9.59 Å². The number of methoxy groups -OCH3 is 3. The van der Waals surface area contributed by atoms with Crippen molar-refractivity contribution in [3.8, 4) is 0 Å². The molecule has 7 nitrogen and oxygen atoms in total. The van der Waals surface area contributed by atoms with Gasteiger partial charge in [0.05, 0.1) is 26.9 Å². The minimum atomic E-state index is -1.22. The summed E-state index contributed by atoms with van der Waals surface area (Å²) in [6, 6.07) is 0.319. The average Bonchev–Trinajstić information content (AvgIpc) is 3.31.